The number of aromatic nitrogens is 2. The molecule has 0 radical (unpaired) electrons. The second kappa shape index (κ2) is 30.7. The summed E-state index contributed by atoms with van der Waals surface area (Å²) in [5.74, 6) is 0. The Bertz CT molecular complexity index is 5990. The summed E-state index contributed by atoms with van der Waals surface area (Å²) in [6.07, 6.45) is 0. The van der Waals surface area contributed by atoms with E-state index in [0.29, 0.717) is 5.46 Å². The molecule has 516 valence electrons. The van der Waals surface area contributed by atoms with Crippen molar-refractivity contribution in [3.63, 3.8) is 0 Å². The fraction of sp³-hybridized carbons (Fsp3) is 0. The number of nitrogens with zero attached hydrogens (tertiary/aromatic N) is 5. The minimum atomic E-state index is -1.45. The predicted molar refractivity (Wildman–Crippen MR) is 463 cm³/mol. The van der Waals surface area contributed by atoms with Crippen LogP contribution in [0.15, 0.2) is 421 Å². The smallest absolute Gasteiger partial charge is 0.423 e. The molecule has 0 saturated heterocycles. The second-order valence-corrected chi connectivity index (χ2v) is 28.4. The number of para-hydroxylation sites is 6. The van der Waals surface area contributed by atoms with Crippen LogP contribution in [0.2, 0.25) is 0 Å². The van der Waals surface area contributed by atoms with Crippen molar-refractivity contribution in [1.82, 2.24) is 9.13 Å². The maximum absolute atomic E-state index is 9.23. The minimum absolute atomic E-state index is 0.477. The third-order valence-corrected chi connectivity index (χ3v) is 20.9. The first kappa shape index (κ1) is 68.3. The number of halogens is 2. The largest absolute Gasteiger partial charge is 0.488 e. The van der Waals surface area contributed by atoms with Crippen molar-refractivity contribution in [3.8, 4) is 33.6 Å². The molecule has 0 spiro atoms. The van der Waals surface area contributed by atoms with E-state index in [9.17, 15) is 10.0 Å². The van der Waals surface area contributed by atoms with Crippen LogP contribution in [0, 0.1) is 0 Å². The van der Waals surface area contributed by atoms with Gasteiger partial charge in [0.15, 0.2) is 0 Å². The Morgan fingerprint density at radius 3 is 0.769 bits per heavy atom. The van der Waals surface area contributed by atoms with E-state index in [1.807, 2.05) is 72.8 Å². The molecule has 0 unspecified atom stereocenters. The molecule has 0 aliphatic rings. The molecule has 0 aliphatic carbocycles. The average Bonchev–Trinajstić information content (AvgIpc) is 1.65. The molecule has 0 aliphatic heterocycles. The molecule has 7 nitrogen and oxygen atoms in total. The zero-order valence-corrected chi connectivity index (χ0v) is 61.9. The van der Waals surface area contributed by atoms with Crippen LogP contribution in [0.25, 0.3) is 98.8 Å². The van der Waals surface area contributed by atoms with Crippen molar-refractivity contribution in [1.29, 1.82) is 0 Å². The van der Waals surface area contributed by atoms with Gasteiger partial charge in [-0.25, -0.2) is 0 Å². The van der Waals surface area contributed by atoms with Crippen LogP contribution in [0.1, 0.15) is 0 Å². The fourth-order valence-electron chi connectivity index (χ4n) is 14.7. The lowest BCUT2D eigenvalue weighted by molar-refractivity contribution is 0.426. The molecule has 2 heterocycles. The van der Waals surface area contributed by atoms with Crippen LogP contribution in [-0.2, 0) is 0 Å². The van der Waals surface area contributed by atoms with Crippen LogP contribution >= 0.6 is 31.9 Å². The van der Waals surface area contributed by atoms with Crippen LogP contribution < -0.4 is 20.2 Å². The summed E-state index contributed by atoms with van der Waals surface area (Å²) in [5.41, 5.74) is 22.1. The van der Waals surface area contributed by atoms with Crippen molar-refractivity contribution < 1.29 is 10.0 Å². The SMILES string of the molecule is Brc1ccc2c(c1)c1cc(Br)ccc1n2-c1ccc2ccccc2c1.OB(O)c1ccc(N(c2ccccc2)c2ccccc2)cc1.c1ccc(N(c2ccccc2)c2ccc(-c3ccc4c(c3)c3cc(-c5ccc(N(c6ccccc6)c6ccccc6)cc5)ccc3n4-c3ccc4ccccc4c3)cc2)cc1. The maximum Gasteiger partial charge on any atom is 0.488 e. The topological polar surface area (TPSA) is 60.0 Å². The summed E-state index contributed by atoms with van der Waals surface area (Å²) in [7, 11) is -1.45. The second-order valence-electron chi connectivity index (χ2n) is 26.6. The van der Waals surface area contributed by atoms with Gasteiger partial charge in [0.2, 0.25) is 0 Å². The summed E-state index contributed by atoms with van der Waals surface area (Å²) >= 11 is 7.23. The van der Waals surface area contributed by atoms with E-state index in [0.717, 1.165) is 65.8 Å². The average molecular weight is 1520 g/mol. The number of hydrogen-bond acceptors (Lipinski definition) is 5. The molecule has 108 heavy (non-hydrogen) atoms. The van der Waals surface area contributed by atoms with E-state index < -0.39 is 7.12 Å². The third-order valence-electron chi connectivity index (χ3n) is 19.9. The summed E-state index contributed by atoms with van der Waals surface area (Å²) in [6.45, 7) is 0. The van der Waals surface area contributed by atoms with Gasteiger partial charge in [0.25, 0.3) is 0 Å². The Kier molecular flexibility index (Phi) is 19.4. The molecule has 10 heteroatoms. The van der Waals surface area contributed by atoms with Gasteiger partial charge in [-0.05, 0) is 243 Å². The lowest BCUT2D eigenvalue weighted by Crippen LogP contribution is -2.29. The Labute approximate surface area is 645 Å². The molecule has 0 amide bonds. The summed E-state index contributed by atoms with van der Waals surface area (Å²) < 4.78 is 6.96. The first-order chi connectivity index (χ1) is 53.2. The quantitative estimate of drug-likeness (QED) is 0.106. The molecule has 2 N–H and O–H groups in total. The van der Waals surface area contributed by atoms with Gasteiger partial charge in [-0.3, -0.25) is 0 Å². The molecule has 0 bridgehead atoms. The molecular formula is C98H70BBr2N5O2. The Morgan fingerprint density at radius 2 is 0.463 bits per heavy atom. The molecule has 0 atom stereocenters. The first-order valence-electron chi connectivity index (χ1n) is 36.0. The van der Waals surface area contributed by atoms with E-state index in [-0.39, 0.29) is 0 Å². The summed E-state index contributed by atoms with van der Waals surface area (Å²) in [6, 6.07) is 145. The molecule has 0 saturated carbocycles. The van der Waals surface area contributed by atoms with E-state index >= 15 is 0 Å². The monoisotopic (exact) mass is 1520 g/mol. The third kappa shape index (κ3) is 14.1. The fourth-order valence-corrected chi connectivity index (χ4v) is 15.5. The highest BCUT2D eigenvalue weighted by molar-refractivity contribution is 9.10. The number of benzene rings is 17. The van der Waals surface area contributed by atoms with E-state index in [1.165, 1.54) is 93.1 Å². The highest BCUT2D eigenvalue weighted by Gasteiger charge is 2.21. The Morgan fingerprint density at radius 1 is 0.213 bits per heavy atom. The van der Waals surface area contributed by atoms with Crippen molar-refractivity contribution in [3.05, 3.63) is 421 Å². The van der Waals surface area contributed by atoms with Gasteiger partial charge < -0.3 is 33.9 Å². The highest BCUT2D eigenvalue weighted by atomic mass is 79.9. The normalized spacial score (nSPS) is 11.1. The van der Waals surface area contributed by atoms with Crippen LogP contribution in [0.5, 0.6) is 0 Å². The van der Waals surface area contributed by atoms with Gasteiger partial charge in [-0.2, -0.15) is 0 Å². The molecular weight excluding hydrogens is 1450 g/mol. The van der Waals surface area contributed by atoms with Gasteiger partial charge in [-0.1, -0.05) is 250 Å². The highest BCUT2D eigenvalue weighted by Crippen LogP contribution is 2.43. The zero-order valence-electron chi connectivity index (χ0n) is 58.7. The Balaban J connectivity index is 0.000000147. The standard InChI is InChI=1S/C58H41N3.C22H13Br2N.C18H16BNO2/c1-5-17-48(18-6-1)59(49-19-7-2-8-20-49)52-32-25-43(26-33-52)46-30-37-57-55(40-46)56-41-47(31-38-58(56)61(57)54-36-29-42-15-13-14-16-45(42)39-54)44-27-34-53(35-28-44)60(50-21-9-3-10-22-50)51-23-11-4-12-24-51;23-16-6-9-21-19(12-16)20-13-17(24)7-10-22(20)25(21)18-8-5-14-3-1-2-4-15(14)11-18;21-19(22)15-11-13-18(14-12-15)20(16-7-3-1-4-8-16)17-9-5-2-6-10-17/h1-41H;1-13H;1-14,21-22H. The minimum Gasteiger partial charge on any atom is -0.423 e. The van der Waals surface area contributed by atoms with Crippen LogP contribution in [-0.4, -0.2) is 26.3 Å². The van der Waals surface area contributed by atoms with Crippen molar-refractivity contribution in [2.75, 3.05) is 14.7 Å². The van der Waals surface area contributed by atoms with Gasteiger partial charge >= 0.3 is 7.12 Å². The number of fused-ring (bicyclic) bond motifs is 8. The van der Waals surface area contributed by atoms with E-state index in [1.54, 1.807) is 12.1 Å². The first-order valence-corrected chi connectivity index (χ1v) is 37.6. The zero-order chi connectivity index (χ0) is 72.9. The van der Waals surface area contributed by atoms with Crippen LogP contribution in [0.4, 0.5) is 51.2 Å². The Hall–Kier alpha value is -12.8. The summed E-state index contributed by atoms with van der Waals surface area (Å²) in [5, 5.41) is 28.4. The lowest BCUT2D eigenvalue weighted by atomic mass is 9.80. The van der Waals surface area contributed by atoms with Crippen LogP contribution in [0.3, 0.4) is 0 Å². The van der Waals surface area contributed by atoms with Gasteiger partial charge in [0.1, 0.15) is 0 Å². The molecule has 19 rings (SSSR count). The van der Waals surface area contributed by atoms with E-state index in [2.05, 4.69) is 383 Å². The molecule has 17 aromatic carbocycles. The van der Waals surface area contributed by atoms with Gasteiger partial charge in [0.05, 0.1) is 22.1 Å². The predicted octanol–water partition coefficient (Wildman–Crippen LogP) is 26.5. The number of anilines is 9. The number of rotatable bonds is 14. The van der Waals surface area contributed by atoms with Gasteiger partial charge in [-0.15, -0.1) is 0 Å². The van der Waals surface area contributed by atoms with Crippen molar-refractivity contribution >= 4 is 161 Å². The number of hydrogen-bond donors (Lipinski definition) is 2. The molecule has 2 aromatic heterocycles. The maximum atomic E-state index is 9.23. The molecule has 0 fully saturated rings. The van der Waals surface area contributed by atoms with Crippen molar-refractivity contribution in [2.24, 2.45) is 0 Å². The summed E-state index contributed by atoms with van der Waals surface area (Å²) in [4.78, 5) is 6.73. The van der Waals surface area contributed by atoms with Crippen molar-refractivity contribution in [2.45, 2.75) is 0 Å². The lowest BCUT2D eigenvalue weighted by Gasteiger charge is -2.25. The molecule has 19 aromatic rings. The van der Waals surface area contributed by atoms with Gasteiger partial charge in [0, 0.05) is 93.1 Å². The van der Waals surface area contributed by atoms with E-state index in [4.69, 9.17) is 0 Å².